The van der Waals surface area contributed by atoms with Crippen molar-refractivity contribution in [3.05, 3.63) is 53.1 Å². The Labute approximate surface area is 158 Å². The number of ether oxygens (including phenoxy) is 1. The van der Waals surface area contributed by atoms with Gasteiger partial charge in [-0.25, -0.2) is 9.18 Å². The maximum absolute atomic E-state index is 13.2. The van der Waals surface area contributed by atoms with Crippen LogP contribution in [-0.2, 0) is 9.53 Å². The highest BCUT2D eigenvalue weighted by Crippen LogP contribution is 2.22. The van der Waals surface area contributed by atoms with Gasteiger partial charge in [-0.05, 0) is 57.0 Å². The Kier molecular flexibility index (Phi) is 5.94. The van der Waals surface area contributed by atoms with Crippen molar-refractivity contribution < 1.29 is 18.7 Å². The van der Waals surface area contributed by atoms with Crippen LogP contribution in [-0.4, -0.2) is 41.0 Å². The van der Waals surface area contributed by atoms with E-state index in [0.717, 1.165) is 50.2 Å². The second-order valence-electron chi connectivity index (χ2n) is 6.97. The number of amides is 1. The van der Waals surface area contributed by atoms with Gasteiger partial charge in [0.05, 0.1) is 5.56 Å². The number of esters is 1. The fourth-order valence-electron chi connectivity index (χ4n) is 3.57. The normalized spacial score (nSPS) is 14.7. The van der Waals surface area contributed by atoms with Crippen LogP contribution in [0.3, 0.4) is 0 Å². The molecule has 2 aromatic rings. The van der Waals surface area contributed by atoms with E-state index < -0.39 is 5.97 Å². The monoisotopic (exact) mass is 372 g/mol. The maximum Gasteiger partial charge on any atom is 0.340 e. The minimum absolute atomic E-state index is 0.141. The number of halogens is 1. The molecule has 27 heavy (non-hydrogen) atoms. The van der Waals surface area contributed by atoms with E-state index in [1.54, 1.807) is 23.1 Å². The first-order chi connectivity index (χ1) is 13.0. The molecule has 1 aliphatic rings. The highest BCUT2D eigenvalue weighted by atomic mass is 19.1. The molecule has 1 fully saturated rings. The van der Waals surface area contributed by atoms with Crippen LogP contribution in [0, 0.1) is 19.7 Å². The number of likely N-dealkylation sites (tertiary alicyclic amines) is 1. The zero-order valence-corrected chi connectivity index (χ0v) is 15.8. The van der Waals surface area contributed by atoms with E-state index in [-0.39, 0.29) is 18.3 Å². The summed E-state index contributed by atoms with van der Waals surface area (Å²) < 4.78 is 20.3. The molecule has 1 saturated heterocycles. The Hall–Kier alpha value is -2.63. The lowest BCUT2D eigenvalue weighted by Gasteiger charge is -2.19. The average molecular weight is 372 g/mol. The quantitative estimate of drug-likeness (QED) is 0.767. The maximum atomic E-state index is 13.2. The summed E-state index contributed by atoms with van der Waals surface area (Å²) >= 11 is 0. The molecule has 0 saturated carbocycles. The molecule has 1 aliphatic heterocycles. The minimum atomic E-state index is -0.514. The Balaban J connectivity index is 1.69. The molecule has 0 aliphatic carbocycles. The van der Waals surface area contributed by atoms with Gasteiger partial charge < -0.3 is 14.2 Å². The Morgan fingerprint density at radius 1 is 1.04 bits per heavy atom. The average Bonchev–Trinajstić information content (AvgIpc) is 2.84. The molecule has 0 bridgehead atoms. The van der Waals surface area contributed by atoms with Crippen molar-refractivity contribution in [2.75, 3.05) is 19.7 Å². The Morgan fingerprint density at radius 3 is 2.30 bits per heavy atom. The van der Waals surface area contributed by atoms with E-state index in [0.29, 0.717) is 11.3 Å². The molecule has 0 atom stereocenters. The van der Waals surface area contributed by atoms with Gasteiger partial charge in [0.2, 0.25) is 0 Å². The van der Waals surface area contributed by atoms with E-state index in [1.807, 2.05) is 18.4 Å². The van der Waals surface area contributed by atoms with Crippen LogP contribution in [0.25, 0.3) is 5.69 Å². The number of carbonyl (C=O) groups is 2. The van der Waals surface area contributed by atoms with E-state index in [9.17, 15) is 14.0 Å². The van der Waals surface area contributed by atoms with E-state index in [1.165, 1.54) is 12.1 Å². The molecule has 0 N–H and O–H groups in total. The molecular weight excluding hydrogens is 347 g/mol. The number of hydrogen-bond donors (Lipinski definition) is 0. The number of aryl methyl sites for hydroxylation is 1. The number of nitrogens with zero attached hydrogens (tertiary/aromatic N) is 2. The van der Waals surface area contributed by atoms with Crippen molar-refractivity contribution in [1.29, 1.82) is 0 Å². The molecule has 2 heterocycles. The summed E-state index contributed by atoms with van der Waals surface area (Å²) in [5.74, 6) is -0.968. The molecule has 1 amide bonds. The first-order valence-electron chi connectivity index (χ1n) is 9.37. The summed E-state index contributed by atoms with van der Waals surface area (Å²) in [5.41, 5.74) is 2.72. The lowest BCUT2D eigenvalue weighted by molar-refractivity contribution is -0.134. The second-order valence-corrected chi connectivity index (χ2v) is 6.97. The van der Waals surface area contributed by atoms with Gasteiger partial charge in [-0.3, -0.25) is 4.79 Å². The summed E-state index contributed by atoms with van der Waals surface area (Å²) in [6, 6.07) is 7.82. The van der Waals surface area contributed by atoms with Gasteiger partial charge in [-0.2, -0.15) is 0 Å². The lowest BCUT2D eigenvalue weighted by atomic mass is 10.2. The Bertz CT molecular complexity index is 819. The van der Waals surface area contributed by atoms with Gasteiger partial charge in [0.1, 0.15) is 5.82 Å². The summed E-state index contributed by atoms with van der Waals surface area (Å²) in [5, 5.41) is 0. The summed E-state index contributed by atoms with van der Waals surface area (Å²) in [7, 11) is 0. The van der Waals surface area contributed by atoms with Gasteiger partial charge >= 0.3 is 5.97 Å². The zero-order chi connectivity index (χ0) is 19.4. The van der Waals surface area contributed by atoms with Gasteiger partial charge in [-0.15, -0.1) is 0 Å². The van der Waals surface area contributed by atoms with Crippen LogP contribution in [0.15, 0.2) is 30.3 Å². The molecule has 0 spiro atoms. The number of benzene rings is 1. The summed E-state index contributed by atoms with van der Waals surface area (Å²) in [6.07, 6.45) is 4.27. The van der Waals surface area contributed by atoms with Crippen molar-refractivity contribution in [1.82, 2.24) is 9.47 Å². The standard InChI is InChI=1S/C21H25FN2O3/c1-15-13-19(16(2)24(15)18-9-7-17(22)8-10-18)21(26)27-14-20(25)23-11-5-3-4-6-12-23/h7-10,13H,3-6,11-12,14H2,1-2H3. The molecule has 0 radical (unpaired) electrons. The van der Waals surface area contributed by atoms with Crippen molar-refractivity contribution in [2.45, 2.75) is 39.5 Å². The smallest absolute Gasteiger partial charge is 0.340 e. The SMILES string of the molecule is Cc1cc(C(=O)OCC(=O)N2CCCCCC2)c(C)n1-c1ccc(F)cc1. The summed E-state index contributed by atoms with van der Waals surface area (Å²) in [6.45, 7) is 4.91. The van der Waals surface area contributed by atoms with Gasteiger partial charge in [0.15, 0.2) is 6.61 Å². The van der Waals surface area contributed by atoms with Gasteiger partial charge in [-0.1, -0.05) is 12.8 Å². The molecule has 6 heteroatoms. The number of rotatable bonds is 4. The molecule has 3 rings (SSSR count). The number of aromatic nitrogens is 1. The lowest BCUT2D eigenvalue weighted by Crippen LogP contribution is -2.35. The fraction of sp³-hybridized carbons (Fsp3) is 0.429. The fourth-order valence-corrected chi connectivity index (χ4v) is 3.57. The first-order valence-corrected chi connectivity index (χ1v) is 9.37. The van der Waals surface area contributed by atoms with Crippen LogP contribution in [0.4, 0.5) is 4.39 Å². The van der Waals surface area contributed by atoms with Crippen LogP contribution < -0.4 is 0 Å². The second kappa shape index (κ2) is 8.37. The zero-order valence-electron chi connectivity index (χ0n) is 15.8. The van der Waals surface area contributed by atoms with Crippen LogP contribution in [0.2, 0.25) is 0 Å². The van der Waals surface area contributed by atoms with E-state index in [2.05, 4.69) is 0 Å². The molecule has 0 unspecified atom stereocenters. The third-order valence-corrected chi connectivity index (χ3v) is 5.02. The van der Waals surface area contributed by atoms with Crippen LogP contribution in [0.1, 0.15) is 47.4 Å². The number of hydrogen-bond acceptors (Lipinski definition) is 3. The highest BCUT2D eigenvalue weighted by molar-refractivity contribution is 5.93. The van der Waals surface area contributed by atoms with Crippen molar-refractivity contribution in [3.8, 4) is 5.69 Å². The molecule has 144 valence electrons. The van der Waals surface area contributed by atoms with Crippen LogP contribution >= 0.6 is 0 Å². The van der Waals surface area contributed by atoms with Crippen molar-refractivity contribution >= 4 is 11.9 Å². The van der Waals surface area contributed by atoms with Gasteiger partial charge in [0, 0.05) is 30.2 Å². The molecule has 1 aromatic carbocycles. The minimum Gasteiger partial charge on any atom is -0.452 e. The van der Waals surface area contributed by atoms with Crippen molar-refractivity contribution in [2.24, 2.45) is 0 Å². The predicted octanol–water partition coefficient (Wildman–Crippen LogP) is 3.79. The largest absolute Gasteiger partial charge is 0.452 e. The molecular formula is C21H25FN2O3. The van der Waals surface area contributed by atoms with Crippen molar-refractivity contribution in [3.63, 3.8) is 0 Å². The molecule has 5 nitrogen and oxygen atoms in total. The van der Waals surface area contributed by atoms with E-state index in [4.69, 9.17) is 4.74 Å². The van der Waals surface area contributed by atoms with Gasteiger partial charge in [0.25, 0.3) is 5.91 Å². The third-order valence-electron chi connectivity index (χ3n) is 5.02. The summed E-state index contributed by atoms with van der Waals surface area (Å²) in [4.78, 5) is 26.6. The Morgan fingerprint density at radius 2 is 1.67 bits per heavy atom. The highest BCUT2D eigenvalue weighted by Gasteiger charge is 2.21. The first kappa shape index (κ1) is 19.1. The topological polar surface area (TPSA) is 51.5 Å². The van der Waals surface area contributed by atoms with E-state index >= 15 is 0 Å². The third kappa shape index (κ3) is 4.38. The predicted molar refractivity (Wildman–Crippen MR) is 101 cm³/mol. The number of carbonyl (C=O) groups excluding carboxylic acids is 2. The van der Waals surface area contributed by atoms with Crippen LogP contribution in [0.5, 0.6) is 0 Å². The molecule has 1 aromatic heterocycles.